The molecule has 0 saturated carbocycles. The van der Waals surface area contributed by atoms with E-state index in [2.05, 4.69) is 41.5 Å². The fourth-order valence-corrected chi connectivity index (χ4v) is 1.45. The molecule has 0 N–H and O–H groups in total. The molecular weight excluding hydrogens is 148 g/mol. The van der Waals surface area contributed by atoms with Crippen molar-refractivity contribution in [3.8, 4) is 0 Å². The SMILES string of the molecule is CCO[C@H](C)[C@H](C)[C@H](C)C(C)C. The molecule has 0 aliphatic carbocycles. The van der Waals surface area contributed by atoms with Gasteiger partial charge in [-0.15, -0.1) is 0 Å². The molecule has 0 aliphatic rings. The minimum atomic E-state index is 0.396. The van der Waals surface area contributed by atoms with Gasteiger partial charge in [0.25, 0.3) is 0 Å². The van der Waals surface area contributed by atoms with E-state index in [1.807, 2.05) is 0 Å². The van der Waals surface area contributed by atoms with Gasteiger partial charge in [0, 0.05) is 6.61 Å². The standard InChI is InChI=1S/C11H24O/c1-7-12-11(6)10(5)9(4)8(2)3/h8-11H,7H2,1-6H3/t9-,10-,11-/m1/s1. The van der Waals surface area contributed by atoms with Crippen molar-refractivity contribution in [1.29, 1.82) is 0 Å². The van der Waals surface area contributed by atoms with E-state index < -0.39 is 0 Å². The highest BCUT2D eigenvalue weighted by atomic mass is 16.5. The molecule has 3 atom stereocenters. The molecule has 0 fully saturated rings. The van der Waals surface area contributed by atoms with Gasteiger partial charge in [-0.25, -0.2) is 0 Å². The molecule has 0 aliphatic heterocycles. The Bertz CT molecular complexity index is 110. The van der Waals surface area contributed by atoms with Crippen LogP contribution in [-0.2, 0) is 4.74 Å². The molecule has 0 aromatic heterocycles. The van der Waals surface area contributed by atoms with Crippen molar-refractivity contribution in [3.05, 3.63) is 0 Å². The second-order valence-electron chi connectivity index (χ2n) is 4.12. The average Bonchev–Trinajstić information content (AvgIpc) is 2.02. The molecule has 0 aromatic carbocycles. The Kier molecular flexibility index (Phi) is 5.56. The van der Waals surface area contributed by atoms with E-state index in [0.717, 1.165) is 18.4 Å². The van der Waals surface area contributed by atoms with Crippen molar-refractivity contribution < 1.29 is 4.74 Å². The van der Waals surface area contributed by atoms with Gasteiger partial charge in [0.05, 0.1) is 6.10 Å². The Labute approximate surface area is 77.5 Å². The van der Waals surface area contributed by atoms with Crippen molar-refractivity contribution in [2.24, 2.45) is 17.8 Å². The van der Waals surface area contributed by atoms with E-state index >= 15 is 0 Å². The first-order chi connectivity index (χ1) is 5.50. The highest BCUT2D eigenvalue weighted by Crippen LogP contribution is 2.24. The Morgan fingerprint density at radius 2 is 1.42 bits per heavy atom. The first kappa shape index (κ1) is 12.0. The van der Waals surface area contributed by atoms with Crippen LogP contribution < -0.4 is 0 Å². The summed E-state index contributed by atoms with van der Waals surface area (Å²) in [6.45, 7) is 14.2. The molecule has 0 rings (SSSR count). The summed E-state index contributed by atoms with van der Waals surface area (Å²) in [5.41, 5.74) is 0. The molecule has 0 amide bonds. The molecule has 1 heteroatoms. The van der Waals surface area contributed by atoms with Gasteiger partial charge in [-0.1, -0.05) is 27.7 Å². The second kappa shape index (κ2) is 5.58. The molecule has 0 heterocycles. The van der Waals surface area contributed by atoms with Crippen LogP contribution in [0.15, 0.2) is 0 Å². The molecule has 0 aromatic rings. The zero-order valence-corrected chi connectivity index (χ0v) is 9.42. The highest BCUT2D eigenvalue weighted by molar-refractivity contribution is 4.70. The zero-order valence-electron chi connectivity index (χ0n) is 9.42. The Hall–Kier alpha value is -0.0400. The van der Waals surface area contributed by atoms with Gasteiger partial charge in [-0.3, -0.25) is 0 Å². The fourth-order valence-electron chi connectivity index (χ4n) is 1.45. The maximum atomic E-state index is 5.57. The van der Waals surface area contributed by atoms with Gasteiger partial charge >= 0.3 is 0 Å². The molecule has 0 radical (unpaired) electrons. The lowest BCUT2D eigenvalue weighted by atomic mass is 9.83. The summed E-state index contributed by atoms with van der Waals surface area (Å²) < 4.78 is 5.57. The largest absolute Gasteiger partial charge is 0.379 e. The summed E-state index contributed by atoms with van der Waals surface area (Å²) in [5, 5.41) is 0. The van der Waals surface area contributed by atoms with E-state index in [-0.39, 0.29) is 0 Å². The van der Waals surface area contributed by atoms with Crippen LogP contribution in [0.3, 0.4) is 0 Å². The third kappa shape index (κ3) is 3.57. The molecule has 0 unspecified atom stereocenters. The topological polar surface area (TPSA) is 9.23 Å². The summed E-state index contributed by atoms with van der Waals surface area (Å²) in [5.74, 6) is 2.15. The normalized spacial score (nSPS) is 19.2. The number of hydrogen-bond acceptors (Lipinski definition) is 1. The smallest absolute Gasteiger partial charge is 0.0575 e. The van der Waals surface area contributed by atoms with Crippen molar-refractivity contribution in [1.82, 2.24) is 0 Å². The zero-order chi connectivity index (χ0) is 9.72. The van der Waals surface area contributed by atoms with E-state index in [1.165, 1.54) is 0 Å². The van der Waals surface area contributed by atoms with E-state index in [9.17, 15) is 0 Å². The highest BCUT2D eigenvalue weighted by Gasteiger charge is 2.21. The van der Waals surface area contributed by atoms with Gasteiger partial charge in [0.1, 0.15) is 0 Å². The van der Waals surface area contributed by atoms with E-state index in [4.69, 9.17) is 4.74 Å². The molecule has 74 valence electrons. The molecular formula is C11H24O. The molecule has 1 nitrogen and oxygen atoms in total. The van der Waals surface area contributed by atoms with Gasteiger partial charge in [0.2, 0.25) is 0 Å². The van der Waals surface area contributed by atoms with Gasteiger partial charge < -0.3 is 4.74 Å². The Morgan fingerprint density at radius 1 is 0.917 bits per heavy atom. The Balaban J connectivity index is 3.90. The van der Waals surface area contributed by atoms with Crippen LogP contribution in [0, 0.1) is 17.8 Å². The summed E-state index contributed by atoms with van der Waals surface area (Å²) >= 11 is 0. The molecule has 0 saturated heterocycles. The van der Waals surface area contributed by atoms with Crippen LogP contribution >= 0.6 is 0 Å². The maximum Gasteiger partial charge on any atom is 0.0575 e. The average molecular weight is 172 g/mol. The first-order valence-electron chi connectivity index (χ1n) is 5.12. The monoisotopic (exact) mass is 172 g/mol. The molecule has 0 bridgehead atoms. The predicted octanol–water partition coefficient (Wildman–Crippen LogP) is 3.34. The van der Waals surface area contributed by atoms with Crippen LogP contribution in [0.25, 0.3) is 0 Å². The maximum absolute atomic E-state index is 5.57. The number of rotatable bonds is 5. The van der Waals surface area contributed by atoms with Crippen LogP contribution in [0.4, 0.5) is 0 Å². The minimum Gasteiger partial charge on any atom is -0.379 e. The molecule has 0 spiro atoms. The summed E-state index contributed by atoms with van der Waals surface area (Å²) in [7, 11) is 0. The first-order valence-corrected chi connectivity index (χ1v) is 5.12. The molecule has 12 heavy (non-hydrogen) atoms. The van der Waals surface area contributed by atoms with Crippen LogP contribution in [-0.4, -0.2) is 12.7 Å². The lowest BCUT2D eigenvalue weighted by Gasteiger charge is -2.28. The summed E-state index contributed by atoms with van der Waals surface area (Å²) in [4.78, 5) is 0. The van der Waals surface area contributed by atoms with E-state index in [0.29, 0.717) is 12.0 Å². The van der Waals surface area contributed by atoms with Crippen molar-refractivity contribution in [2.75, 3.05) is 6.61 Å². The van der Waals surface area contributed by atoms with Gasteiger partial charge in [-0.2, -0.15) is 0 Å². The predicted molar refractivity (Wildman–Crippen MR) is 54.3 cm³/mol. The van der Waals surface area contributed by atoms with Gasteiger partial charge in [0.15, 0.2) is 0 Å². The summed E-state index contributed by atoms with van der Waals surface area (Å²) in [6, 6.07) is 0. The third-order valence-electron chi connectivity index (χ3n) is 3.05. The van der Waals surface area contributed by atoms with Crippen molar-refractivity contribution in [3.63, 3.8) is 0 Å². The van der Waals surface area contributed by atoms with Gasteiger partial charge in [-0.05, 0) is 31.6 Å². The fraction of sp³-hybridized carbons (Fsp3) is 1.00. The quantitative estimate of drug-likeness (QED) is 0.618. The van der Waals surface area contributed by atoms with E-state index in [1.54, 1.807) is 0 Å². The third-order valence-corrected chi connectivity index (χ3v) is 3.05. The lowest BCUT2D eigenvalue weighted by Crippen LogP contribution is -2.26. The Morgan fingerprint density at radius 3 is 1.75 bits per heavy atom. The van der Waals surface area contributed by atoms with Crippen LogP contribution in [0.5, 0.6) is 0 Å². The van der Waals surface area contributed by atoms with Crippen molar-refractivity contribution in [2.45, 2.75) is 47.6 Å². The van der Waals surface area contributed by atoms with Crippen molar-refractivity contribution >= 4 is 0 Å². The van der Waals surface area contributed by atoms with Crippen LogP contribution in [0.2, 0.25) is 0 Å². The number of hydrogen-bond donors (Lipinski definition) is 0. The number of ether oxygens (including phenoxy) is 1. The minimum absolute atomic E-state index is 0.396. The second-order valence-corrected chi connectivity index (χ2v) is 4.12. The summed E-state index contributed by atoms with van der Waals surface area (Å²) in [6.07, 6.45) is 0.396. The van der Waals surface area contributed by atoms with Crippen LogP contribution in [0.1, 0.15) is 41.5 Å². The lowest BCUT2D eigenvalue weighted by molar-refractivity contribution is 0.0135.